The number of aromatic hydroxyl groups is 1. The van der Waals surface area contributed by atoms with Crippen molar-refractivity contribution in [3.8, 4) is 5.75 Å². The number of nitrogens with one attached hydrogen (secondary N) is 2. The number of H-pyrrole nitrogens is 1. The number of carbonyl (C=O) groups is 1. The molecular weight excluding hydrogens is 509 g/mol. The van der Waals surface area contributed by atoms with Crippen LogP contribution in [0.3, 0.4) is 0 Å². The molecule has 5 rings (SSSR count). The molecule has 0 radical (unpaired) electrons. The third-order valence-corrected chi connectivity index (χ3v) is 8.79. The molecule has 1 amide bonds. The van der Waals surface area contributed by atoms with E-state index >= 15 is 0 Å². The minimum Gasteiger partial charge on any atom is -0.508 e. The van der Waals surface area contributed by atoms with Crippen molar-refractivity contribution in [1.82, 2.24) is 14.8 Å². The van der Waals surface area contributed by atoms with Gasteiger partial charge in [0.2, 0.25) is 10.0 Å². The molecule has 0 saturated carbocycles. The smallest absolute Gasteiger partial charge is 0.267 e. The molecule has 1 unspecified atom stereocenters. The summed E-state index contributed by atoms with van der Waals surface area (Å²) in [7, 11) is -3.93. The number of fused-ring (bicyclic) bond motifs is 2. The lowest BCUT2D eigenvalue weighted by molar-refractivity contribution is -0.124. The van der Waals surface area contributed by atoms with Crippen LogP contribution in [0.4, 0.5) is 4.39 Å². The molecule has 1 aliphatic carbocycles. The van der Waals surface area contributed by atoms with E-state index in [1.807, 2.05) is 12.1 Å². The average Bonchev–Trinajstić information content (AvgIpc) is 3.51. The first-order valence-corrected chi connectivity index (χ1v) is 13.5. The van der Waals surface area contributed by atoms with Gasteiger partial charge in [0.1, 0.15) is 11.6 Å². The molecule has 4 aromatic rings. The van der Waals surface area contributed by atoms with Crippen molar-refractivity contribution in [3.63, 3.8) is 0 Å². The van der Waals surface area contributed by atoms with Crippen LogP contribution >= 0.6 is 0 Å². The quantitative estimate of drug-likeness (QED) is 0.151. The van der Waals surface area contributed by atoms with Gasteiger partial charge in [0.05, 0.1) is 10.9 Å². The summed E-state index contributed by atoms with van der Waals surface area (Å²) >= 11 is 0. The number of aromatic amines is 1. The van der Waals surface area contributed by atoms with Gasteiger partial charge in [-0.3, -0.25) is 10.0 Å². The molecule has 4 N–H and O–H groups in total. The average molecular weight is 536 g/mol. The minimum atomic E-state index is -3.93. The fourth-order valence-electron chi connectivity index (χ4n) is 5.02. The number of carbonyl (C=O) groups excluding carboxylic acids is 1. The molecule has 0 spiro atoms. The van der Waals surface area contributed by atoms with Crippen molar-refractivity contribution in [2.45, 2.75) is 30.2 Å². The van der Waals surface area contributed by atoms with Gasteiger partial charge in [0, 0.05) is 29.7 Å². The summed E-state index contributed by atoms with van der Waals surface area (Å²) in [6.45, 7) is 0.190. The molecule has 3 aromatic carbocycles. The molecule has 1 heterocycles. The fourth-order valence-corrected chi connectivity index (χ4v) is 6.66. The summed E-state index contributed by atoms with van der Waals surface area (Å²) in [5, 5.41) is 19.2. The Morgan fingerprint density at radius 2 is 1.92 bits per heavy atom. The Balaban J connectivity index is 1.49. The summed E-state index contributed by atoms with van der Waals surface area (Å²) in [4.78, 5) is 14.5. The summed E-state index contributed by atoms with van der Waals surface area (Å²) in [6, 6.07) is 15.1. The SMILES string of the molecule is O=C(C=Cc1ccc2c(c1)CCC2N(CCc1c[nH]c2cc(F)ccc12)S(=O)(=O)c1ccc(O)cc1)NO. The molecular formula is C28H26FN3O5S. The van der Waals surface area contributed by atoms with Crippen molar-refractivity contribution < 1.29 is 27.9 Å². The van der Waals surface area contributed by atoms with Crippen molar-refractivity contribution in [2.75, 3.05) is 6.54 Å². The van der Waals surface area contributed by atoms with E-state index in [4.69, 9.17) is 5.21 Å². The number of sulfonamides is 1. The van der Waals surface area contributed by atoms with Crippen LogP contribution in [-0.4, -0.2) is 40.5 Å². The van der Waals surface area contributed by atoms with E-state index in [0.717, 1.165) is 27.6 Å². The number of halogens is 1. The normalized spacial score (nSPS) is 15.4. The first-order valence-electron chi connectivity index (χ1n) is 12.1. The van der Waals surface area contributed by atoms with Crippen LogP contribution in [0.2, 0.25) is 0 Å². The van der Waals surface area contributed by atoms with E-state index in [9.17, 15) is 22.7 Å². The number of phenols is 1. The second-order valence-corrected chi connectivity index (χ2v) is 11.1. The molecule has 0 bridgehead atoms. The Bertz CT molecular complexity index is 1630. The molecule has 1 atom stereocenters. The van der Waals surface area contributed by atoms with Gasteiger partial charge in [0.15, 0.2) is 0 Å². The second-order valence-electron chi connectivity index (χ2n) is 9.19. The topological polar surface area (TPSA) is 123 Å². The zero-order valence-corrected chi connectivity index (χ0v) is 21.1. The predicted octanol–water partition coefficient (Wildman–Crippen LogP) is 4.45. The number of hydrogen-bond acceptors (Lipinski definition) is 5. The van der Waals surface area contributed by atoms with Crippen molar-refractivity contribution in [3.05, 3.63) is 101 Å². The molecule has 0 saturated heterocycles. The highest BCUT2D eigenvalue weighted by Gasteiger charge is 2.36. The highest BCUT2D eigenvalue weighted by atomic mass is 32.2. The molecule has 10 heteroatoms. The first kappa shape index (κ1) is 25.7. The van der Waals surface area contributed by atoms with Gasteiger partial charge in [-0.25, -0.2) is 18.3 Å². The minimum absolute atomic E-state index is 0.0248. The van der Waals surface area contributed by atoms with Crippen molar-refractivity contribution in [2.24, 2.45) is 0 Å². The standard InChI is InChI=1S/C28H26FN3O5S/c29-21-4-10-24-20(17-30-26(24)16-21)13-14-32(38(36,37)23-7-5-22(33)6-8-23)27-11-3-19-15-18(1-9-25(19)27)2-12-28(34)31-35/h1-2,4-10,12,15-17,27,30,33,35H,3,11,13-14H2,(H,31,34). The third-order valence-electron chi connectivity index (χ3n) is 6.87. The van der Waals surface area contributed by atoms with E-state index in [1.165, 1.54) is 46.8 Å². The number of benzene rings is 3. The van der Waals surface area contributed by atoms with E-state index < -0.39 is 22.0 Å². The zero-order chi connectivity index (χ0) is 26.9. The molecule has 8 nitrogen and oxygen atoms in total. The van der Waals surface area contributed by atoms with Gasteiger partial charge in [-0.2, -0.15) is 4.31 Å². The highest BCUT2D eigenvalue weighted by molar-refractivity contribution is 7.89. The number of hydroxylamine groups is 1. The lowest BCUT2D eigenvalue weighted by atomic mass is 10.0. The predicted molar refractivity (Wildman–Crippen MR) is 140 cm³/mol. The number of hydrogen-bond donors (Lipinski definition) is 4. The van der Waals surface area contributed by atoms with Gasteiger partial charge < -0.3 is 10.1 Å². The lowest BCUT2D eigenvalue weighted by Crippen LogP contribution is -2.35. The summed E-state index contributed by atoms with van der Waals surface area (Å²) in [6.07, 6.45) is 6.20. The monoisotopic (exact) mass is 535 g/mol. The Morgan fingerprint density at radius 3 is 2.68 bits per heavy atom. The Kier molecular flexibility index (Phi) is 7.02. The third kappa shape index (κ3) is 5.06. The first-order chi connectivity index (χ1) is 18.3. The maximum absolute atomic E-state index is 13.9. The Morgan fingerprint density at radius 1 is 1.13 bits per heavy atom. The molecule has 1 aromatic heterocycles. The van der Waals surface area contributed by atoms with Gasteiger partial charge in [-0.05, 0) is 90.1 Å². The number of nitrogens with zero attached hydrogens (tertiary/aromatic N) is 1. The molecule has 0 fully saturated rings. The van der Waals surface area contributed by atoms with E-state index in [1.54, 1.807) is 29.9 Å². The van der Waals surface area contributed by atoms with E-state index in [-0.39, 0.29) is 23.0 Å². The van der Waals surface area contributed by atoms with Crippen molar-refractivity contribution >= 4 is 32.9 Å². The largest absolute Gasteiger partial charge is 0.508 e. The van der Waals surface area contributed by atoms with E-state index in [0.29, 0.717) is 24.8 Å². The second kappa shape index (κ2) is 10.4. The van der Waals surface area contributed by atoms with Crippen LogP contribution in [0.5, 0.6) is 5.75 Å². The number of aromatic nitrogens is 1. The van der Waals surface area contributed by atoms with E-state index in [2.05, 4.69) is 4.98 Å². The fraction of sp³-hybridized carbons (Fsp3) is 0.179. The highest BCUT2D eigenvalue weighted by Crippen LogP contribution is 2.39. The van der Waals surface area contributed by atoms with Gasteiger partial charge in [-0.15, -0.1) is 0 Å². The number of rotatable bonds is 8. The van der Waals surface area contributed by atoms with Gasteiger partial charge in [0.25, 0.3) is 5.91 Å². The maximum atomic E-state index is 13.9. The number of aryl methyl sites for hydroxylation is 1. The maximum Gasteiger partial charge on any atom is 0.267 e. The molecule has 38 heavy (non-hydrogen) atoms. The van der Waals surface area contributed by atoms with Gasteiger partial charge in [-0.1, -0.05) is 18.2 Å². The number of phenolic OH excluding ortho intramolecular Hbond substituents is 1. The van der Waals surface area contributed by atoms with Crippen LogP contribution in [0.25, 0.3) is 17.0 Å². The summed E-state index contributed by atoms with van der Waals surface area (Å²) in [5.74, 6) is -1.02. The van der Waals surface area contributed by atoms with Crippen LogP contribution in [0.1, 0.15) is 34.7 Å². The Labute approximate surface area is 219 Å². The number of amides is 1. The molecule has 0 aliphatic heterocycles. The lowest BCUT2D eigenvalue weighted by Gasteiger charge is -2.29. The molecule has 1 aliphatic rings. The van der Waals surface area contributed by atoms with Crippen LogP contribution in [0, 0.1) is 5.82 Å². The van der Waals surface area contributed by atoms with Crippen molar-refractivity contribution in [1.29, 1.82) is 0 Å². The van der Waals surface area contributed by atoms with Crippen LogP contribution in [-0.2, 0) is 27.7 Å². The zero-order valence-electron chi connectivity index (χ0n) is 20.3. The molecule has 196 valence electrons. The van der Waals surface area contributed by atoms with Gasteiger partial charge >= 0.3 is 0 Å². The Hall–Kier alpha value is -3.99. The summed E-state index contributed by atoms with van der Waals surface area (Å²) < 4.78 is 42.9. The summed E-state index contributed by atoms with van der Waals surface area (Å²) in [5.41, 5.74) is 5.70. The van der Waals surface area contributed by atoms with Crippen LogP contribution < -0.4 is 5.48 Å². The van der Waals surface area contributed by atoms with Crippen LogP contribution in [0.15, 0.2) is 77.8 Å².